The van der Waals surface area contributed by atoms with E-state index in [1.165, 1.54) is 0 Å². The van der Waals surface area contributed by atoms with Crippen molar-refractivity contribution in [1.82, 2.24) is 15.2 Å². The largest absolute Gasteiger partial charge is 0.463 e. The molecule has 0 saturated carbocycles. The lowest BCUT2D eigenvalue weighted by molar-refractivity contribution is -0.134. The number of hydrogen-bond acceptors (Lipinski definition) is 7. The number of carbonyl (C=O) groups excluding carboxylic acids is 2. The van der Waals surface area contributed by atoms with Gasteiger partial charge in [0.05, 0.1) is 25.0 Å². The van der Waals surface area contributed by atoms with Crippen LogP contribution >= 0.6 is 11.3 Å². The smallest absolute Gasteiger partial charge is 0.257 e. The average Bonchev–Trinajstić information content (AvgIpc) is 3.60. The van der Waals surface area contributed by atoms with Crippen molar-refractivity contribution in [2.24, 2.45) is 11.0 Å². The molecular formula is C25H34N4O4S. The van der Waals surface area contributed by atoms with Crippen LogP contribution in [0.5, 0.6) is 0 Å². The summed E-state index contributed by atoms with van der Waals surface area (Å²) in [5.74, 6) is 0.805. The van der Waals surface area contributed by atoms with Crippen LogP contribution in [0.3, 0.4) is 0 Å². The highest BCUT2D eigenvalue weighted by molar-refractivity contribution is 7.10. The molecule has 1 saturated heterocycles. The fraction of sp³-hybridized carbons (Fsp3) is 0.560. The van der Waals surface area contributed by atoms with Crippen molar-refractivity contribution in [3.8, 4) is 0 Å². The van der Waals surface area contributed by atoms with Gasteiger partial charge in [-0.2, -0.15) is 5.10 Å². The van der Waals surface area contributed by atoms with E-state index in [-0.39, 0.29) is 29.9 Å². The van der Waals surface area contributed by atoms with Gasteiger partial charge in [0.2, 0.25) is 5.91 Å². The third-order valence-electron chi connectivity index (χ3n) is 6.23. The van der Waals surface area contributed by atoms with Crippen LogP contribution in [0.2, 0.25) is 0 Å². The molecule has 0 bridgehead atoms. The van der Waals surface area contributed by atoms with Crippen molar-refractivity contribution in [2.45, 2.75) is 51.7 Å². The summed E-state index contributed by atoms with van der Waals surface area (Å²) in [5, 5.41) is 11.3. The normalized spacial score (nSPS) is 19.6. The molecule has 1 N–H and O–H groups in total. The molecule has 2 aromatic rings. The zero-order chi connectivity index (χ0) is 23.9. The van der Waals surface area contributed by atoms with Crippen molar-refractivity contribution < 1.29 is 18.7 Å². The number of rotatable bonds is 10. The second-order valence-electron chi connectivity index (χ2n) is 9.11. The maximum Gasteiger partial charge on any atom is 0.257 e. The summed E-state index contributed by atoms with van der Waals surface area (Å²) >= 11 is 1.64. The lowest BCUT2D eigenvalue weighted by atomic mass is 9.96. The van der Waals surface area contributed by atoms with Crippen molar-refractivity contribution >= 4 is 28.9 Å². The Labute approximate surface area is 204 Å². The highest BCUT2D eigenvalue weighted by Gasteiger charge is 2.36. The summed E-state index contributed by atoms with van der Waals surface area (Å²) < 4.78 is 11.0. The number of amides is 2. The van der Waals surface area contributed by atoms with E-state index < -0.39 is 0 Å². The number of thiophene rings is 1. The lowest BCUT2D eigenvalue weighted by Gasteiger charge is -2.32. The Kier molecular flexibility index (Phi) is 8.53. The van der Waals surface area contributed by atoms with Gasteiger partial charge in [0, 0.05) is 30.4 Å². The maximum absolute atomic E-state index is 13.3. The summed E-state index contributed by atoms with van der Waals surface area (Å²) in [5.41, 5.74) is 0.797. The van der Waals surface area contributed by atoms with Gasteiger partial charge < -0.3 is 14.5 Å². The first-order valence-corrected chi connectivity index (χ1v) is 13.0. The number of hydrazone groups is 1. The molecule has 2 aromatic heterocycles. The first-order valence-electron chi connectivity index (χ1n) is 12.1. The topological polar surface area (TPSA) is 87.4 Å². The Morgan fingerprint density at radius 1 is 1.26 bits per heavy atom. The number of carbonyl (C=O) groups is 2. The van der Waals surface area contributed by atoms with Crippen LogP contribution in [0.25, 0.3) is 0 Å². The molecular weight excluding hydrogens is 452 g/mol. The van der Waals surface area contributed by atoms with Gasteiger partial charge in [-0.05, 0) is 69.8 Å². The van der Waals surface area contributed by atoms with E-state index in [0.717, 1.165) is 42.9 Å². The number of piperidine rings is 1. The molecule has 4 heterocycles. The Bertz CT molecular complexity index is 950. The molecule has 2 amide bonds. The number of hydrogen-bond donors (Lipinski definition) is 1. The van der Waals surface area contributed by atoms with Crippen LogP contribution in [0, 0.1) is 5.92 Å². The zero-order valence-corrected chi connectivity index (χ0v) is 20.8. The molecule has 4 rings (SSSR count). The van der Waals surface area contributed by atoms with E-state index in [9.17, 15) is 9.59 Å². The van der Waals surface area contributed by atoms with Gasteiger partial charge in [-0.1, -0.05) is 6.07 Å². The number of nitrogens with one attached hydrogen (secondary N) is 1. The molecule has 1 atom stereocenters. The molecule has 1 unspecified atom stereocenters. The molecule has 0 spiro atoms. The minimum Gasteiger partial charge on any atom is -0.463 e. The van der Waals surface area contributed by atoms with Crippen LogP contribution in [-0.4, -0.2) is 66.3 Å². The molecule has 9 heteroatoms. The van der Waals surface area contributed by atoms with Gasteiger partial charge >= 0.3 is 0 Å². The van der Waals surface area contributed by atoms with E-state index in [1.54, 1.807) is 22.6 Å². The number of likely N-dealkylation sites (tertiary alicyclic amines) is 1. The molecule has 1 fully saturated rings. The maximum atomic E-state index is 13.3. The SMILES string of the molecule is CC(C)OCCCNC(=O)C1CCN(CC(=O)N2N=C(c3ccco3)CC2c2cccs2)CC1. The van der Waals surface area contributed by atoms with Gasteiger partial charge in [-0.15, -0.1) is 11.3 Å². The van der Waals surface area contributed by atoms with Crippen molar-refractivity contribution in [3.63, 3.8) is 0 Å². The quantitative estimate of drug-likeness (QED) is 0.518. The van der Waals surface area contributed by atoms with E-state index in [2.05, 4.69) is 21.4 Å². The molecule has 0 aliphatic carbocycles. The lowest BCUT2D eigenvalue weighted by Crippen LogP contribution is -2.44. The first kappa shape index (κ1) is 24.6. The standard InChI is InChI=1S/C25H34N4O4S/c1-18(2)32-14-5-10-26-25(31)19-8-11-28(12-9-19)17-24(30)29-21(23-7-4-15-34-23)16-20(27-29)22-6-3-13-33-22/h3-4,6-7,13,15,18-19,21H,5,8-12,14,16-17H2,1-2H3,(H,26,31). The van der Waals surface area contributed by atoms with Crippen molar-refractivity contribution in [3.05, 3.63) is 46.5 Å². The van der Waals surface area contributed by atoms with E-state index in [4.69, 9.17) is 9.15 Å². The summed E-state index contributed by atoms with van der Waals surface area (Å²) in [7, 11) is 0. The summed E-state index contributed by atoms with van der Waals surface area (Å²) in [4.78, 5) is 29.0. The monoisotopic (exact) mass is 486 g/mol. The van der Waals surface area contributed by atoms with Gasteiger partial charge in [0.15, 0.2) is 0 Å². The minimum absolute atomic E-state index is 0.00611. The highest BCUT2D eigenvalue weighted by atomic mass is 32.1. The molecule has 2 aliphatic rings. The third-order valence-corrected chi connectivity index (χ3v) is 7.21. The number of nitrogens with zero attached hydrogens (tertiary/aromatic N) is 3. The van der Waals surface area contributed by atoms with Crippen molar-refractivity contribution in [2.75, 3.05) is 32.8 Å². The highest BCUT2D eigenvalue weighted by Crippen LogP contribution is 2.35. The third kappa shape index (κ3) is 6.34. The van der Waals surface area contributed by atoms with Gasteiger partial charge in [0.25, 0.3) is 5.91 Å². The molecule has 0 radical (unpaired) electrons. The van der Waals surface area contributed by atoms with Gasteiger partial charge in [-0.3, -0.25) is 14.5 Å². The molecule has 2 aliphatic heterocycles. The fourth-order valence-electron chi connectivity index (χ4n) is 4.40. The Morgan fingerprint density at radius 2 is 2.09 bits per heavy atom. The van der Waals surface area contributed by atoms with E-state index in [1.807, 2.05) is 37.4 Å². The summed E-state index contributed by atoms with van der Waals surface area (Å²) in [6.45, 7) is 7.07. The minimum atomic E-state index is -0.101. The predicted molar refractivity (Wildman–Crippen MR) is 132 cm³/mol. The second-order valence-corrected chi connectivity index (χ2v) is 10.1. The molecule has 184 valence electrons. The van der Waals surface area contributed by atoms with Gasteiger partial charge in [-0.25, -0.2) is 5.01 Å². The first-order chi connectivity index (χ1) is 16.5. The van der Waals surface area contributed by atoms with Gasteiger partial charge in [0.1, 0.15) is 11.5 Å². The molecule has 8 nitrogen and oxygen atoms in total. The van der Waals surface area contributed by atoms with Crippen LogP contribution in [0.1, 0.15) is 56.2 Å². The number of furan rings is 1. The molecule has 0 aromatic carbocycles. The molecule has 34 heavy (non-hydrogen) atoms. The average molecular weight is 487 g/mol. The fourth-order valence-corrected chi connectivity index (χ4v) is 5.21. The Morgan fingerprint density at radius 3 is 2.76 bits per heavy atom. The van der Waals surface area contributed by atoms with Crippen LogP contribution in [0.4, 0.5) is 0 Å². The zero-order valence-electron chi connectivity index (χ0n) is 19.9. The number of ether oxygens (including phenoxy) is 1. The van der Waals surface area contributed by atoms with E-state index in [0.29, 0.717) is 31.9 Å². The van der Waals surface area contributed by atoms with E-state index >= 15 is 0 Å². The predicted octanol–water partition coefficient (Wildman–Crippen LogP) is 3.66. The van der Waals surface area contributed by atoms with Crippen LogP contribution in [-0.2, 0) is 14.3 Å². The Hall–Kier alpha value is -2.49. The van der Waals surface area contributed by atoms with Crippen LogP contribution < -0.4 is 5.32 Å². The summed E-state index contributed by atoms with van der Waals surface area (Å²) in [6, 6.07) is 7.67. The van der Waals surface area contributed by atoms with Crippen LogP contribution in [0.15, 0.2) is 45.4 Å². The van der Waals surface area contributed by atoms with Crippen molar-refractivity contribution in [1.29, 1.82) is 0 Å². The second kappa shape index (κ2) is 11.8. The summed E-state index contributed by atoms with van der Waals surface area (Å²) in [6.07, 6.45) is 4.82. The Balaban J connectivity index is 1.27.